The van der Waals surface area contributed by atoms with Gasteiger partial charge in [-0.2, -0.15) is 20.4 Å². The molecule has 0 atom stereocenters. The Bertz CT molecular complexity index is 3450. The lowest BCUT2D eigenvalue weighted by Crippen LogP contribution is -2.04. The number of rotatable bonds is 14. The van der Waals surface area contributed by atoms with E-state index in [1.54, 1.807) is 31.0 Å². The molecule has 0 unspecified atom stereocenters. The van der Waals surface area contributed by atoms with Crippen LogP contribution < -0.4 is 22.1 Å². The lowest BCUT2D eigenvalue weighted by molar-refractivity contribution is 0.682. The van der Waals surface area contributed by atoms with Gasteiger partial charge in [0.05, 0.1) is 37.1 Å². The van der Waals surface area contributed by atoms with Crippen LogP contribution in [0, 0.1) is 0 Å². The van der Waals surface area contributed by atoms with Crippen LogP contribution in [0.5, 0.6) is 0 Å². The molecule has 16 nitrogen and oxygen atoms in total. The maximum absolute atomic E-state index is 5.98. The molecule has 0 saturated carbocycles. The fraction of sp³-hybridized carbons (Fsp3) is 0.111. The molecule has 0 saturated heterocycles. The normalized spacial score (nSPS) is 11.3. The third-order valence-electron chi connectivity index (χ3n) is 12.1. The summed E-state index contributed by atoms with van der Waals surface area (Å²) in [6, 6.07) is 41.3. The van der Waals surface area contributed by atoms with Crippen molar-refractivity contribution < 1.29 is 0 Å². The molecule has 12 aromatic rings. The smallest absolute Gasteiger partial charge is 0.154 e. The molecule has 0 fully saturated rings. The van der Waals surface area contributed by atoms with E-state index in [1.807, 2.05) is 85.8 Å². The first-order valence-electron chi connectivity index (χ1n) is 22.9. The summed E-state index contributed by atoms with van der Waals surface area (Å²) in [5.41, 5.74) is 20.8. The van der Waals surface area contributed by atoms with Crippen LogP contribution >= 0.6 is 0 Å². The number of nitrogens with one attached hydrogen (secondary N) is 2. The number of nitrogens with zero attached hydrogens (tertiary/aromatic N) is 12. The van der Waals surface area contributed by atoms with Crippen LogP contribution in [0.3, 0.4) is 0 Å². The Labute approximate surface area is 402 Å². The van der Waals surface area contributed by atoms with E-state index in [2.05, 4.69) is 126 Å². The fourth-order valence-corrected chi connectivity index (χ4v) is 8.55. The van der Waals surface area contributed by atoms with E-state index in [4.69, 9.17) is 21.7 Å². The van der Waals surface area contributed by atoms with Crippen LogP contribution in [-0.2, 0) is 39.3 Å². The highest BCUT2D eigenvalue weighted by atomic mass is 15.3. The highest BCUT2D eigenvalue weighted by Crippen LogP contribution is 2.26. The number of hydrogen-bond donors (Lipinski definition) is 4. The molecule has 4 aromatic carbocycles. The molecule has 0 aliphatic carbocycles. The number of aromatic nitrogens is 12. The second-order valence-corrected chi connectivity index (χ2v) is 17.1. The zero-order valence-electron chi connectivity index (χ0n) is 38.1. The second-order valence-electron chi connectivity index (χ2n) is 17.1. The van der Waals surface area contributed by atoms with Gasteiger partial charge in [0.15, 0.2) is 5.82 Å². The van der Waals surface area contributed by atoms with E-state index in [9.17, 15) is 0 Å². The average Bonchev–Trinajstić information content (AvgIpc) is 4.24. The van der Waals surface area contributed by atoms with Crippen LogP contribution in [-0.4, -0.2) is 59.1 Å². The SMILES string of the molecule is Nc1nccc2cc(CNc3nccc4cn(Cc5ccc(Cn6cccn6)cc5)nc34)ccc12.Nc1nccc2cc(CNc3nccc4nn(Cc5ccc(Cn6cccn6)cc5)cc34)ccc12. The first-order chi connectivity index (χ1) is 34.4. The van der Waals surface area contributed by atoms with Gasteiger partial charge in [-0.05, 0) is 92.7 Å². The zero-order chi connectivity index (χ0) is 47.2. The van der Waals surface area contributed by atoms with Crippen molar-refractivity contribution in [3.63, 3.8) is 0 Å². The lowest BCUT2D eigenvalue weighted by Gasteiger charge is -2.08. The van der Waals surface area contributed by atoms with Gasteiger partial charge in [-0.15, -0.1) is 0 Å². The molecule has 0 radical (unpaired) electrons. The number of hydrogen-bond acceptors (Lipinski definition) is 12. The Morgan fingerprint density at radius 1 is 0.400 bits per heavy atom. The van der Waals surface area contributed by atoms with Gasteiger partial charge in [-0.25, -0.2) is 19.9 Å². The number of benzene rings is 4. The highest BCUT2D eigenvalue weighted by Gasteiger charge is 2.11. The van der Waals surface area contributed by atoms with Gasteiger partial charge in [0.2, 0.25) is 0 Å². The van der Waals surface area contributed by atoms with Crippen LogP contribution in [0.2, 0.25) is 0 Å². The molecular formula is C54H48N16. The third kappa shape index (κ3) is 9.82. The number of fused-ring (bicyclic) bond motifs is 4. The van der Waals surface area contributed by atoms with Gasteiger partial charge in [0.25, 0.3) is 0 Å². The summed E-state index contributed by atoms with van der Waals surface area (Å²) in [4.78, 5) is 17.4. The Morgan fingerprint density at radius 3 is 1.40 bits per heavy atom. The number of pyridine rings is 4. The molecule has 0 aliphatic heterocycles. The summed E-state index contributed by atoms with van der Waals surface area (Å²) in [7, 11) is 0. The highest BCUT2D eigenvalue weighted by molar-refractivity contribution is 5.93. The molecule has 0 aliphatic rings. The Hall–Kier alpha value is -9.44. The minimum Gasteiger partial charge on any atom is -0.383 e. The van der Waals surface area contributed by atoms with Gasteiger partial charge in [0, 0.05) is 91.2 Å². The van der Waals surface area contributed by atoms with E-state index in [0.717, 1.165) is 79.2 Å². The molecule has 0 bridgehead atoms. The lowest BCUT2D eigenvalue weighted by atomic mass is 10.1. The molecule has 344 valence electrons. The molecule has 0 spiro atoms. The van der Waals surface area contributed by atoms with Crippen molar-refractivity contribution in [1.82, 2.24) is 59.1 Å². The van der Waals surface area contributed by atoms with Crippen LogP contribution in [0.15, 0.2) is 183 Å². The molecule has 16 heteroatoms. The van der Waals surface area contributed by atoms with Crippen molar-refractivity contribution in [2.75, 3.05) is 22.1 Å². The Morgan fingerprint density at radius 2 is 0.857 bits per heavy atom. The first kappa shape index (κ1) is 43.1. The summed E-state index contributed by atoms with van der Waals surface area (Å²) >= 11 is 0. The van der Waals surface area contributed by atoms with Gasteiger partial charge >= 0.3 is 0 Å². The van der Waals surface area contributed by atoms with Gasteiger partial charge in [-0.3, -0.25) is 18.7 Å². The molecule has 70 heavy (non-hydrogen) atoms. The van der Waals surface area contributed by atoms with E-state index >= 15 is 0 Å². The largest absolute Gasteiger partial charge is 0.383 e. The Kier molecular flexibility index (Phi) is 12.0. The maximum Gasteiger partial charge on any atom is 0.154 e. The minimum absolute atomic E-state index is 0.548. The van der Waals surface area contributed by atoms with Crippen molar-refractivity contribution in [2.24, 2.45) is 0 Å². The van der Waals surface area contributed by atoms with E-state index in [1.165, 1.54) is 22.3 Å². The summed E-state index contributed by atoms with van der Waals surface area (Å²) < 4.78 is 7.76. The molecule has 0 amide bonds. The number of nitrogen functional groups attached to an aromatic ring is 2. The standard InChI is InChI=1S/2C27H24N8/c28-26-24-7-6-21(14-22(24)8-11-29-26)15-31-27-25-23(9-12-30-27)18-35(33-25)17-20-4-2-19(3-5-20)16-34-13-1-10-32-34;28-26-23-7-6-21(14-22(23)8-11-29-26)15-31-27-24-18-35(33-25(24)9-12-30-27)17-20-4-2-19(3-5-20)16-34-13-1-10-32-34/h2*1-14,18H,15-17H2,(H2,28,29)(H,30,31). The van der Waals surface area contributed by atoms with Crippen molar-refractivity contribution in [1.29, 1.82) is 0 Å². The number of anilines is 4. The third-order valence-corrected chi connectivity index (χ3v) is 12.1. The van der Waals surface area contributed by atoms with E-state index in [0.29, 0.717) is 37.8 Å². The molecule has 12 rings (SSSR count). The van der Waals surface area contributed by atoms with Crippen molar-refractivity contribution in [3.8, 4) is 0 Å². The molecule has 6 N–H and O–H groups in total. The minimum atomic E-state index is 0.548. The average molecular weight is 921 g/mol. The maximum atomic E-state index is 5.98. The number of nitrogens with two attached hydrogens (primary N) is 2. The van der Waals surface area contributed by atoms with Gasteiger partial charge in [0.1, 0.15) is 23.0 Å². The summed E-state index contributed by atoms with van der Waals surface area (Å²) in [5.74, 6) is 2.68. The summed E-state index contributed by atoms with van der Waals surface area (Å²) in [5, 5.41) is 31.2. The fourth-order valence-electron chi connectivity index (χ4n) is 8.55. The van der Waals surface area contributed by atoms with Crippen molar-refractivity contribution in [3.05, 3.63) is 217 Å². The topological polar surface area (TPSA) is 199 Å². The zero-order valence-corrected chi connectivity index (χ0v) is 38.1. The van der Waals surface area contributed by atoms with Gasteiger partial charge < -0.3 is 22.1 Å². The first-order valence-corrected chi connectivity index (χ1v) is 22.9. The van der Waals surface area contributed by atoms with Crippen LogP contribution in [0.4, 0.5) is 23.3 Å². The van der Waals surface area contributed by atoms with Crippen molar-refractivity contribution in [2.45, 2.75) is 39.3 Å². The van der Waals surface area contributed by atoms with E-state index in [-0.39, 0.29) is 0 Å². The predicted octanol–water partition coefficient (Wildman–Crippen LogP) is 8.93. The van der Waals surface area contributed by atoms with Crippen molar-refractivity contribution >= 4 is 66.6 Å². The molecular weight excluding hydrogens is 873 g/mol. The van der Waals surface area contributed by atoms with Crippen LogP contribution in [0.25, 0.3) is 43.4 Å². The second kappa shape index (κ2) is 19.4. The predicted molar refractivity (Wildman–Crippen MR) is 276 cm³/mol. The van der Waals surface area contributed by atoms with E-state index < -0.39 is 0 Å². The molecule has 8 heterocycles. The monoisotopic (exact) mass is 920 g/mol. The Balaban J connectivity index is 0.000000152. The summed E-state index contributed by atoms with van der Waals surface area (Å²) in [6.45, 7) is 4.19. The quantitative estimate of drug-likeness (QED) is 0.0809. The summed E-state index contributed by atoms with van der Waals surface area (Å²) in [6.07, 6.45) is 18.7. The molecule has 8 aromatic heterocycles. The van der Waals surface area contributed by atoms with Crippen LogP contribution in [0.1, 0.15) is 33.4 Å². The van der Waals surface area contributed by atoms with Gasteiger partial charge in [-0.1, -0.05) is 72.8 Å².